The summed E-state index contributed by atoms with van der Waals surface area (Å²) >= 11 is 0. The van der Waals surface area contributed by atoms with Gasteiger partial charge in [-0.05, 0) is 43.3 Å². The van der Waals surface area contributed by atoms with Crippen LogP contribution >= 0.6 is 0 Å². The van der Waals surface area contributed by atoms with E-state index < -0.39 is 10.0 Å². The first kappa shape index (κ1) is 15.0. The van der Waals surface area contributed by atoms with E-state index in [4.69, 9.17) is 4.74 Å². The summed E-state index contributed by atoms with van der Waals surface area (Å²) in [6, 6.07) is 11.4. The molecule has 7 heteroatoms. The lowest BCUT2D eigenvalue weighted by molar-refractivity contribution is 0.340. The first-order chi connectivity index (χ1) is 10.1. The molecule has 0 aliphatic heterocycles. The van der Waals surface area contributed by atoms with Crippen molar-refractivity contribution < 1.29 is 13.2 Å². The lowest BCUT2D eigenvalue weighted by Crippen LogP contribution is -2.18. The third kappa shape index (κ3) is 4.28. The fraction of sp³-hybridized carbons (Fsp3) is 0.143. The van der Waals surface area contributed by atoms with Crippen molar-refractivity contribution in [2.45, 2.75) is 11.8 Å². The topological polar surface area (TPSA) is 80.7 Å². The van der Waals surface area contributed by atoms with Crippen molar-refractivity contribution >= 4 is 16.2 Å². The first-order valence-corrected chi connectivity index (χ1v) is 7.79. The fourth-order valence-corrected chi connectivity index (χ4v) is 2.34. The van der Waals surface area contributed by atoms with E-state index in [1.165, 1.54) is 18.3 Å². The third-order valence-electron chi connectivity index (χ3n) is 2.50. The van der Waals surface area contributed by atoms with Gasteiger partial charge in [-0.1, -0.05) is 6.07 Å². The second-order valence-corrected chi connectivity index (χ2v) is 5.67. The van der Waals surface area contributed by atoms with Gasteiger partial charge in [-0.15, -0.1) is 0 Å². The van der Waals surface area contributed by atoms with Crippen molar-refractivity contribution in [2.75, 3.05) is 6.61 Å². The zero-order valence-electron chi connectivity index (χ0n) is 11.4. The summed E-state index contributed by atoms with van der Waals surface area (Å²) in [6.07, 6.45) is 2.94. The summed E-state index contributed by atoms with van der Waals surface area (Å²) in [7, 11) is -3.69. The van der Waals surface area contributed by atoms with Gasteiger partial charge in [0.1, 0.15) is 5.75 Å². The molecule has 0 saturated heterocycles. The molecule has 0 aliphatic carbocycles. The molecule has 0 spiro atoms. The molecule has 0 amide bonds. The van der Waals surface area contributed by atoms with Gasteiger partial charge in [-0.25, -0.2) is 4.83 Å². The maximum absolute atomic E-state index is 12.0. The Morgan fingerprint density at radius 3 is 2.62 bits per heavy atom. The maximum atomic E-state index is 12.0. The largest absolute Gasteiger partial charge is 0.494 e. The Morgan fingerprint density at radius 2 is 2.00 bits per heavy atom. The minimum atomic E-state index is -3.69. The Balaban J connectivity index is 2.06. The zero-order chi connectivity index (χ0) is 15.1. The minimum absolute atomic E-state index is 0.115. The van der Waals surface area contributed by atoms with Gasteiger partial charge in [0.2, 0.25) is 0 Å². The van der Waals surface area contributed by atoms with Crippen molar-refractivity contribution in [1.29, 1.82) is 0 Å². The summed E-state index contributed by atoms with van der Waals surface area (Å²) in [6.45, 7) is 2.39. The number of pyridine rings is 1. The number of nitrogens with zero attached hydrogens (tertiary/aromatic N) is 2. The molecule has 0 unspecified atom stereocenters. The molecule has 0 saturated carbocycles. The fourth-order valence-electron chi connectivity index (χ4n) is 1.55. The van der Waals surface area contributed by atoms with E-state index in [1.54, 1.807) is 36.5 Å². The molecule has 1 heterocycles. The van der Waals surface area contributed by atoms with Crippen LogP contribution in [0.5, 0.6) is 5.75 Å². The zero-order valence-corrected chi connectivity index (χ0v) is 12.2. The Labute approximate surface area is 123 Å². The van der Waals surface area contributed by atoms with Gasteiger partial charge in [0.15, 0.2) is 0 Å². The molecule has 2 rings (SSSR count). The molecule has 0 aliphatic rings. The normalized spacial score (nSPS) is 11.5. The van der Waals surface area contributed by atoms with Crippen LogP contribution in [0.2, 0.25) is 0 Å². The van der Waals surface area contributed by atoms with Crippen LogP contribution in [0, 0.1) is 0 Å². The van der Waals surface area contributed by atoms with Gasteiger partial charge in [0.25, 0.3) is 10.0 Å². The van der Waals surface area contributed by atoms with Gasteiger partial charge in [-0.3, -0.25) is 4.98 Å². The van der Waals surface area contributed by atoms with E-state index in [-0.39, 0.29) is 4.90 Å². The van der Waals surface area contributed by atoms with Crippen LogP contribution in [0.4, 0.5) is 0 Å². The van der Waals surface area contributed by atoms with Crippen LogP contribution in [0.1, 0.15) is 12.6 Å². The molecule has 2 aromatic rings. The smallest absolute Gasteiger partial charge is 0.276 e. The Morgan fingerprint density at radius 1 is 1.24 bits per heavy atom. The SMILES string of the molecule is CCOc1ccc(S(=O)(=O)N/N=C\c2ccccn2)cc1. The highest BCUT2D eigenvalue weighted by molar-refractivity contribution is 7.89. The van der Waals surface area contributed by atoms with Crippen molar-refractivity contribution in [2.24, 2.45) is 5.10 Å². The van der Waals surface area contributed by atoms with Crippen LogP contribution in [-0.4, -0.2) is 26.2 Å². The van der Waals surface area contributed by atoms with Crippen LogP contribution < -0.4 is 9.57 Å². The molecular formula is C14H15N3O3S. The molecule has 1 aromatic heterocycles. The maximum Gasteiger partial charge on any atom is 0.276 e. The van der Waals surface area contributed by atoms with E-state index in [0.717, 1.165) is 0 Å². The van der Waals surface area contributed by atoms with Crippen LogP contribution in [-0.2, 0) is 10.0 Å². The molecule has 0 fully saturated rings. The first-order valence-electron chi connectivity index (χ1n) is 6.30. The molecule has 1 aromatic carbocycles. The van der Waals surface area contributed by atoms with Crippen molar-refractivity contribution in [3.8, 4) is 5.75 Å². The molecular weight excluding hydrogens is 290 g/mol. The summed E-state index contributed by atoms with van der Waals surface area (Å²) in [5, 5.41) is 3.69. The number of ether oxygens (including phenoxy) is 1. The Hall–Kier alpha value is -2.41. The van der Waals surface area contributed by atoms with Gasteiger partial charge in [0.05, 0.1) is 23.4 Å². The van der Waals surface area contributed by atoms with Crippen molar-refractivity contribution in [1.82, 2.24) is 9.82 Å². The highest BCUT2D eigenvalue weighted by atomic mass is 32.2. The van der Waals surface area contributed by atoms with E-state index >= 15 is 0 Å². The minimum Gasteiger partial charge on any atom is -0.494 e. The van der Waals surface area contributed by atoms with E-state index in [1.807, 2.05) is 6.92 Å². The van der Waals surface area contributed by atoms with E-state index in [9.17, 15) is 8.42 Å². The molecule has 21 heavy (non-hydrogen) atoms. The quantitative estimate of drug-likeness (QED) is 0.652. The van der Waals surface area contributed by atoms with Crippen LogP contribution in [0.25, 0.3) is 0 Å². The van der Waals surface area contributed by atoms with E-state index in [2.05, 4.69) is 14.9 Å². The summed E-state index contributed by atoms with van der Waals surface area (Å²) in [4.78, 5) is 6.25. The molecule has 0 bridgehead atoms. The Kier molecular flexibility index (Phi) is 4.89. The number of benzene rings is 1. The standard InChI is InChI=1S/C14H15N3O3S/c1-2-20-13-6-8-14(9-7-13)21(18,19)17-16-11-12-5-3-4-10-15-12/h3-11,17H,2H2,1H3/b16-11-. The van der Waals surface area contributed by atoms with Crippen LogP contribution in [0.15, 0.2) is 58.7 Å². The number of hydrogen-bond donors (Lipinski definition) is 1. The predicted octanol–water partition coefficient (Wildman–Crippen LogP) is 1.79. The molecule has 6 nitrogen and oxygen atoms in total. The average molecular weight is 305 g/mol. The monoisotopic (exact) mass is 305 g/mol. The number of hydrazone groups is 1. The number of sulfonamides is 1. The van der Waals surface area contributed by atoms with E-state index in [0.29, 0.717) is 18.1 Å². The molecule has 1 N–H and O–H groups in total. The number of hydrogen-bond acceptors (Lipinski definition) is 5. The second-order valence-electron chi connectivity index (χ2n) is 4.01. The summed E-state index contributed by atoms with van der Waals surface area (Å²) in [5.41, 5.74) is 0.562. The highest BCUT2D eigenvalue weighted by Crippen LogP contribution is 2.15. The van der Waals surface area contributed by atoms with Crippen LogP contribution in [0.3, 0.4) is 0 Å². The summed E-state index contributed by atoms with van der Waals surface area (Å²) in [5.74, 6) is 0.619. The number of nitrogens with one attached hydrogen (secondary N) is 1. The predicted molar refractivity (Wildman–Crippen MR) is 79.8 cm³/mol. The number of rotatable bonds is 6. The lowest BCUT2D eigenvalue weighted by atomic mass is 10.3. The third-order valence-corrected chi connectivity index (χ3v) is 3.74. The average Bonchev–Trinajstić information content (AvgIpc) is 2.49. The van der Waals surface area contributed by atoms with Gasteiger partial charge >= 0.3 is 0 Å². The van der Waals surface area contributed by atoms with Gasteiger partial charge in [0, 0.05) is 6.20 Å². The van der Waals surface area contributed by atoms with Gasteiger partial charge < -0.3 is 4.74 Å². The molecule has 0 atom stereocenters. The Bertz CT molecular complexity index is 698. The second kappa shape index (κ2) is 6.85. The van der Waals surface area contributed by atoms with Crippen molar-refractivity contribution in [3.05, 3.63) is 54.4 Å². The highest BCUT2D eigenvalue weighted by Gasteiger charge is 2.12. The van der Waals surface area contributed by atoms with Crippen molar-refractivity contribution in [3.63, 3.8) is 0 Å². The number of aromatic nitrogens is 1. The van der Waals surface area contributed by atoms with Gasteiger partial charge in [-0.2, -0.15) is 13.5 Å². The summed E-state index contributed by atoms with van der Waals surface area (Å²) < 4.78 is 29.3. The molecule has 0 radical (unpaired) electrons. The lowest BCUT2D eigenvalue weighted by Gasteiger charge is -2.05. The molecule has 110 valence electrons.